The number of nitro groups is 1. The van der Waals surface area contributed by atoms with Crippen LogP contribution in [-0.4, -0.2) is 24.1 Å². The van der Waals surface area contributed by atoms with Gasteiger partial charge >= 0.3 is 5.97 Å². The highest BCUT2D eigenvalue weighted by atomic mass is 16.6. The molecule has 1 heterocycles. The molecule has 0 aromatic heterocycles. The summed E-state index contributed by atoms with van der Waals surface area (Å²) in [6, 6.07) is 19.8. The van der Waals surface area contributed by atoms with Crippen LogP contribution in [0.5, 0.6) is 23.0 Å². The Bertz CT molecular complexity index is 1410. The molecule has 4 rings (SSSR count). The van der Waals surface area contributed by atoms with Gasteiger partial charge in [-0.05, 0) is 42.3 Å². The fraction of sp³-hybridized carbons (Fsp3) is 0.214. The van der Waals surface area contributed by atoms with Crippen LogP contribution in [0, 0.1) is 21.4 Å². The molecule has 3 aromatic carbocycles. The zero-order valence-corrected chi connectivity index (χ0v) is 20.6. The highest BCUT2D eigenvalue weighted by Gasteiger charge is 2.31. The summed E-state index contributed by atoms with van der Waals surface area (Å²) in [7, 11) is 0. The molecule has 0 saturated carbocycles. The maximum Gasteiger partial charge on any atom is 0.349 e. The van der Waals surface area contributed by atoms with E-state index in [2.05, 4.69) is 13.0 Å². The fourth-order valence-electron chi connectivity index (χ4n) is 3.93. The van der Waals surface area contributed by atoms with Gasteiger partial charge in [0.15, 0.2) is 6.61 Å². The lowest BCUT2D eigenvalue weighted by molar-refractivity contribution is -0.384. The van der Waals surface area contributed by atoms with Gasteiger partial charge in [-0.25, -0.2) is 4.79 Å². The van der Waals surface area contributed by atoms with Crippen molar-refractivity contribution in [2.45, 2.75) is 25.7 Å². The summed E-state index contributed by atoms with van der Waals surface area (Å²) in [6.07, 6.45) is 1.95. The average molecular weight is 516 g/mol. The van der Waals surface area contributed by atoms with E-state index in [1.54, 1.807) is 12.1 Å². The van der Waals surface area contributed by atoms with Crippen LogP contribution in [0.4, 0.5) is 5.69 Å². The molecule has 0 aliphatic carbocycles. The van der Waals surface area contributed by atoms with Gasteiger partial charge in [0.2, 0.25) is 5.88 Å². The van der Waals surface area contributed by atoms with Crippen LogP contribution < -0.4 is 24.7 Å². The van der Waals surface area contributed by atoms with Crippen LogP contribution in [0.1, 0.15) is 36.8 Å². The fourth-order valence-corrected chi connectivity index (χ4v) is 3.93. The number of hydrogen-bond acceptors (Lipinski definition) is 9. The van der Waals surface area contributed by atoms with Gasteiger partial charge in [-0.3, -0.25) is 10.1 Å². The van der Waals surface area contributed by atoms with Crippen molar-refractivity contribution in [1.82, 2.24) is 0 Å². The summed E-state index contributed by atoms with van der Waals surface area (Å²) in [4.78, 5) is 22.6. The SMILES string of the molecule is CCCCOc1cccc(C2C(C#N)=C(N)Oc3cc(OC(=O)COc4ccc([N+](=O)[O-])cc4)ccc32)c1. The molecular weight excluding hydrogens is 490 g/mol. The van der Waals surface area contributed by atoms with Gasteiger partial charge in [-0.1, -0.05) is 31.5 Å². The van der Waals surface area contributed by atoms with Crippen LogP contribution in [0.3, 0.4) is 0 Å². The van der Waals surface area contributed by atoms with Crippen molar-refractivity contribution in [1.29, 1.82) is 5.26 Å². The highest BCUT2D eigenvalue weighted by molar-refractivity contribution is 5.74. The Labute approximate surface area is 219 Å². The van der Waals surface area contributed by atoms with Crippen molar-refractivity contribution in [2.24, 2.45) is 5.73 Å². The van der Waals surface area contributed by atoms with Gasteiger partial charge < -0.3 is 24.7 Å². The van der Waals surface area contributed by atoms with Gasteiger partial charge in [-0.2, -0.15) is 5.26 Å². The van der Waals surface area contributed by atoms with Crippen LogP contribution in [0.25, 0.3) is 0 Å². The Morgan fingerprint density at radius 3 is 2.55 bits per heavy atom. The number of ether oxygens (including phenoxy) is 4. The number of carbonyl (C=O) groups is 1. The van der Waals surface area contributed by atoms with E-state index in [0.29, 0.717) is 23.7 Å². The number of nitro benzene ring substituents is 1. The third-order valence-electron chi connectivity index (χ3n) is 5.78. The minimum atomic E-state index is -0.686. The van der Waals surface area contributed by atoms with Gasteiger partial charge in [0, 0.05) is 23.8 Å². The Hall–Kier alpha value is -5.04. The molecule has 38 heavy (non-hydrogen) atoms. The van der Waals surface area contributed by atoms with E-state index < -0.39 is 23.4 Å². The van der Waals surface area contributed by atoms with Crippen molar-refractivity contribution in [3.8, 4) is 29.1 Å². The molecule has 0 amide bonds. The maximum atomic E-state index is 12.3. The van der Waals surface area contributed by atoms with E-state index in [9.17, 15) is 20.2 Å². The van der Waals surface area contributed by atoms with Gasteiger partial charge in [0.25, 0.3) is 5.69 Å². The number of nitriles is 1. The molecule has 0 bridgehead atoms. The first-order valence-electron chi connectivity index (χ1n) is 11.9. The minimum absolute atomic E-state index is 0.0349. The minimum Gasteiger partial charge on any atom is -0.494 e. The number of benzene rings is 3. The number of fused-ring (bicyclic) bond motifs is 1. The Balaban J connectivity index is 1.50. The van der Waals surface area contributed by atoms with Crippen molar-refractivity contribution in [3.05, 3.63) is 99.4 Å². The molecule has 0 saturated heterocycles. The molecule has 0 radical (unpaired) electrons. The van der Waals surface area contributed by atoms with Crippen molar-refractivity contribution < 1.29 is 28.7 Å². The molecule has 1 aliphatic rings. The van der Waals surface area contributed by atoms with Crippen molar-refractivity contribution in [2.75, 3.05) is 13.2 Å². The summed E-state index contributed by atoms with van der Waals surface area (Å²) in [5.41, 5.74) is 7.77. The molecule has 10 heteroatoms. The first kappa shape index (κ1) is 26.0. The number of nitrogens with two attached hydrogens (primary N) is 1. The smallest absolute Gasteiger partial charge is 0.349 e. The van der Waals surface area contributed by atoms with E-state index in [-0.39, 0.29) is 28.6 Å². The Morgan fingerprint density at radius 1 is 1.08 bits per heavy atom. The number of hydrogen-bond donors (Lipinski definition) is 1. The maximum absolute atomic E-state index is 12.3. The first-order valence-corrected chi connectivity index (χ1v) is 11.9. The van der Waals surface area contributed by atoms with E-state index in [4.69, 9.17) is 24.7 Å². The van der Waals surface area contributed by atoms with Crippen LogP contribution in [0.15, 0.2) is 78.2 Å². The molecular formula is C28H25N3O7. The second-order valence-electron chi connectivity index (χ2n) is 8.41. The number of unbranched alkanes of at least 4 members (excludes halogenated alkanes) is 1. The quantitative estimate of drug-likeness (QED) is 0.130. The highest BCUT2D eigenvalue weighted by Crippen LogP contribution is 2.44. The second kappa shape index (κ2) is 11.8. The van der Waals surface area contributed by atoms with Gasteiger partial charge in [-0.15, -0.1) is 0 Å². The molecule has 0 fully saturated rings. The Kier molecular flexibility index (Phi) is 8.08. The van der Waals surface area contributed by atoms with Crippen LogP contribution in [0.2, 0.25) is 0 Å². The molecule has 2 N–H and O–H groups in total. The molecule has 1 unspecified atom stereocenters. The number of non-ortho nitro benzene ring substituents is 1. The lowest BCUT2D eigenvalue weighted by Crippen LogP contribution is -2.21. The summed E-state index contributed by atoms with van der Waals surface area (Å²) in [5.74, 6) is 0.315. The molecule has 1 aliphatic heterocycles. The molecule has 3 aromatic rings. The van der Waals surface area contributed by atoms with Gasteiger partial charge in [0.05, 0.1) is 17.4 Å². The van der Waals surface area contributed by atoms with Gasteiger partial charge in [0.1, 0.15) is 34.6 Å². The van der Waals surface area contributed by atoms with Crippen LogP contribution >= 0.6 is 0 Å². The number of esters is 1. The summed E-state index contributed by atoms with van der Waals surface area (Å²) >= 11 is 0. The average Bonchev–Trinajstić information content (AvgIpc) is 2.91. The number of allylic oxidation sites excluding steroid dienone is 1. The largest absolute Gasteiger partial charge is 0.494 e. The third kappa shape index (κ3) is 6.02. The number of carbonyl (C=O) groups excluding carboxylic acids is 1. The molecule has 1 atom stereocenters. The van der Waals surface area contributed by atoms with Crippen LogP contribution in [-0.2, 0) is 4.79 Å². The predicted molar refractivity (Wildman–Crippen MR) is 137 cm³/mol. The number of rotatable bonds is 10. The first-order chi connectivity index (χ1) is 18.4. The lowest BCUT2D eigenvalue weighted by atomic mass is 9.83. The van der Waals surface area contributed by atoms with Crippen molar-refractivity contribution >= 4 is 11.7 Å². The lowest BCUT2D eigenvalue weighted by Gasteiger charge is -2.27. The standard InChI is InChI=1S/C28H25N3O7/c1-2-3-13-35-21-6-4-5-18(14-21)27-23-12-11-22(15-25(23)38-28(30)24(27)16-29)37-26(32)17-36-20-9-7-19(8-10-20)31(33)34/h4-12,14-15,27H,2-3,13,17,30H2,1H3. The predicted octanol–water partition coefficient (Wildman–Crippen LogP) is 4.98. The summed E-state index contributed by atoms with van der Waals surface area (Å²) in [5, 5.41) is 20.6. The van der Waals surface area contributed by atoms with E-state index in [1.165, 1.54) is 30.3 Å². The van der Waals surface area contributed by atoms with Crippen molar-refractivity contribution in [3.63, 3.8) is 0 Å². The van der Waals surface area contributed by atoms with E-state index in [1.807, 2.05) is 24.3 Å². The van der Waals surface area contributed by atoms with E-state index in [0.717, 1.165) is 18.4 Å². The van der Waals surface area contributed by atoms with E-state index >= 15 is 0 Å². The number of nitrogens with zero attached hydrogens (tertiary/aromatic N) is 2. The monoisotopic (exact) mass is 515 g/mol. The molecule has 194 valence electrons. The summed E-state index contributed by atoms with van der Waals surface area (Å²) < 4.78 is 22.3. The Morgan fingerprint density at radius 2 is 1.84 bits per heavy atom. The third-order valence-corrected chi connectivity index (χ3v) is 5.78. The molecule has 10 nitrogen and oxygen atoms in total. The summed E-state index contributed by atoms with van der Waals surface area (Å²) in [6.45, 7) is 2.27. The topological polar surface area (TPSA) is 147 Å². The second-order valence-corrected chi connectivity index (χ2v) is 8.41. The zero-order valence-electron chi connectivity index (χ0n) is 20.6. The zero-order chi connectivity index (χ0) is 27.1. The normalized spacial score (nSPS) is 14.1. The molecule has 0 spiro atoms.